The van der Waals surface area contributed by atoms with Gasteiger partial charge in [0, 0.05) is 39.4 Å². The van der Waals surface area contributed by atoms with Crippen molar-refractivity contribution in [1.82, 2.24) is 0 Å². The van der Waals surface area contributed by atoms with E-state index in [0.29, 0.717) is 11.5 Å². The van der Waals surface area contributed by atoms with E-state index in [0.717, 1.165) is 26.9 Å². The minimum Gasteiger partial charge on any atom is -0.497 e. The number of ether oxygens (including phenoxy) is 2. The van der Waals surface area contributed by atoms with E-state index in [1.54, 1.807) is 14.2 Å². The normalized spacial score (nSPS) is 11.5. The van der Waals surface area contributed by atoms with Gasteiger partial charge < -0.3 is 13.9 Å². The first-order valence-electron chi connectivity index (χ1n) is 12.5. The zero-order valence-electron chi connectivity index (χ0n) is 21.8. The fourth-order valence-corrected chi connectivity index (χ4v) is 16.4. The van der Waals surface area contributed by atoms with E-state index in [9.17, 15) is 0 Å². The lowest BCUT2D eigenvalue weighted by Gasteiger charge is -2.45. The summed E-state index contributed by atoms with van der Waals surface area (Å²) < 4.78 is 13.9. The highest BCUT2D eigenvalue weighted by atomic mass is 32.5. The monoisotopic (exact) mass is 585 g/mol. The molecule has 5 aromatic carbocycles. The van der Waals surface area contributed by atoms with Crippen molar-refractivity contribution in [3.05, 3.63) is 140 Å². The van der Waals surface area contributed by atoms with Crippen molar-refractivity contribution in [2.75, 3.05) is 18.7 Å². The highest BCUT2D eigenvalue weighted by molar-refractivity contribution is 8.33. The molecule has 0 N–H and O–H groups in total. The first-order valence-corrected chi connectivity index (χ1v) is 18.0. The summed E-state index contributed by atoms with van der Waals surface area (Å²) in [6, 6.07) is 47.5. The summed E-state index contributed by atoms with van der Waals surface area (Å²) in [6.45, 7) is 0. The van der Waals surface area contributed by atoms with Crippen molar-refractivity contribution in [3.63, 3.8) is 0 Å². The largest absolute Gasteiger partial charge is 0.497 e. The molecule has 0 saturated heterocycles. The molecule has 0 radical (unpaired) electrons. The van der Waals surface area contributed by atoms with Crippen LogP contribution in [0.25, 0.3) is 0 Å². The van der Waals surface area contributed by atoms with Gasteiger partial charge in [0.25, 0.3) is 0 Å². The predicted molar refractivity (Wildman–Crippen MR) is 175 cm³/mol. The van der Waals surface area contributed by atoms with Gasteiger partial charge in [-0.25, -0.2) is 0 Å². The Hall–Kier alpha value is -3.20. The minimum absolute atomic E-state index is 0.680. The number of hydrogen-bond acceptors (Lipinski definition) is 4. The third kappa shape index (κ3) is 5.21. The Morgan fingerprint density at radius 1 is 0.462 bits per heavy atom. The molecule has 3 nitrogen and oxygen atoms in total. The summed E-state index contributed by atoms with van der Waals surface area (Å²) in [5, 5.41) is 4.26. The van der Waals surface area contributed by atoms with E-state index >= 15 is 0 Å². The quantitative estimate of drug-likeness (QED) is 0.181. The van der Waals surface area contributed by atoms with Crippen molar-refractivity contribution in [1.29, 1.82) is 0 Å². The summed E-state index contributed by atoms with van der Waals surface area (Å²) in [5.74, 6) is 1.36. The Bertz CT molecular complexity index is 1430. The highest BCUT2D eigenvalue weighted by Gasteiger charge is 2.41. The Kier molecular flexibility index (Phi) is 8.35. The standard InChI is InChI=1S/C32H29NO2P2S2/c1-34-27-23-26(24-28(25-27)35-2)33(36(38,29-15-7-3-8-16-29)30-17-9-4-10-18-30)37(39,31-19-11-5-12-20-31)32-21-13-6-14-22-32/h3-25H,1-2H3. The fraction of sp³-hybridized carbons (Fsp3) is 0.0625. The minimum atomic E-state index is -2.77. The van der Waals surface area contributed by atoms with Gasteiger partial charge in [0.05, 0.1) is 32.3 Å². The lowest BCUT2D eigenvalue weighted by Crippen LogP contribution is -2.36. The van der Waals surface area contributed by atoms with Gasteiger partial charge in [0.1, 0.15) is 11.5 Å². The molecule has 0 fully saturated rings. The second-order valence-electron chi connectivity index (χ2n) is 8.85. The fourth-order valence-electron chi connectivity index (χ4n) is 4.67. The summed E-state index contributed by atoms with van der Waals surface area (Å²) in [6.07, 6.45) is -5.54. The van der Waals surface area contributed by atoms with Gasteiger partial charge in [-0.3, -0.25) is 0 Å². The molecule has 0 aliphatic rings. The second kappa shape index (κ2) is 11.9. The van der Waals surface area contributed by atoms with Crippen molar-refractivity contribution in [2.24, 2.45) is 0 Å². The summed E-state index contributed by atoms with van der Waals surface area (Å²) in [4.78, 5) is 0. The van der Waals surface area contributed by atoms with E-state index in [4.69, 9.17) is 33.1 Å². The lowest BCUT2D eigenvalue weighted by molar-refractivity contribution is 0.394. The smallest absolute Gasteiger partial charge is 0.124 e. The van der Waals surface area contributed by atoms with Gasteiger partial charge in [-0.05, 0) is 0 Å². The van der Waals surface area contributed by atoms with Gasteiger partial charge in [-0.1, -0.05) is 145 Å². The van der Waals surface area contributed by atoms with Gasteiger partial charge in [0.2, 0.25) is 0 Å². The van der Waals surface area contributed by atoms with Crippen LogP contribution in [0.2, 0.25) is 0 Å². The molecular formula is C32H29NO2P2S2. The Morgan fingerprint density at radius 3 is 1.00 bits per heavy atom. The lowest BCUT2D eigenvalue weighted by atomic mass is 10.3. The molecule has 0 aliphatic heterocycles. The van der Waals surface area contributed by atoms with Crippen LogP contribution in [0.3, 0.4) is 0 Å². The molecule has 0 unspecified atom stereocenters. The molecule has 0 aliphatic carbocycles. The van der Waals surface area contributed by atoms with Crippen molar-refractivity contribution in [2.45, 2.75) is 0 Å². The number of rotatable bonds is 9. The van der Waals surface area contributed by atoms with Crippen LogP contribution < -0.4 is 35.1 Å². The Labute approximate surface area is 241 Å². The molecule has 0 saturated carbocycles. The summed E-state index contributed by atoms with van der Waals surface area (Å²) >= 11 is 13.9. The zero-order chi connectivity index (χ0) is 27.3. The van der Waals surface area contributed by atoms with Crippen LogP contribution in [-0.4, -0.2) is 14.2 Å². The molecule has 5 aromatic rings. The van der Waals surface area contributed by atoms with Gasteiger partial charge in [-0.2, -0.15) is 0 Å². The van der Waals surface area contributed by atoms with Crippen LogP contribution in [-0.2, 0) is 23.6 Å². The first-order chi connectivity index (χ1) is 19.0. The molecule has 5 rings (SSSR count). The van der Waals surface area contributed by atoms with E-state index in [2.05, 4.69) is 102 Å². The number of hydrogen-bond donors (Lipinski definition) is 0. The third-order valence-corrected chi connectivity index (χ3v) is 17.9. The first kappa shape index (κ1) is 27.4. The summed E-state index contributed by atoms with van der Waals surface area (Å²) in [7, 11) is 3.33. The SMILES string of the molecule is COc1cc(OC)cc(N(P(=S)(c2ccccc2)c2ccccc2)P(=S)(c2ccccc2)c2ccccc2)c1. The van der Waals surface area contributed by atoms with Gasteiger partial charge in [-0.15, -0.1) is 0 Å². The number of benzene rings is 5. The molecule has 0 aromatic heterocycles. The van der Waals surface area contributed by atoms with Crippen molar-refractivity contribution in [3.8, 4) is 11.5 Å². The molecule has 0 atom stereocenters. The maximum Gasteiger partial charge on any atom is 0.124 e. The molecular weight excluding hydrogens is 556 g/mol. The summed E-state index contributed by atoms with van der Waals surface area (Å²) in [5.41, 5.74) is 0.873. The number of methoxy groups -OCH3 is 2. The van der Waals surface area contributed by atoms with Gasteiger partial charge >= 0.3 is 0 Å². The van der Waals surface area contributed by atoms with E-state index in [-0.39, 0.29) is 0 Å². The maximum atomic E-state index is 6.96. The average Bonchev–Trinajstić information content (AvgIpc) is 3.02. The van der Waals surface area contributed by atoms with Crippen LogP contribution in [0, 0.1) is 0 Å². The third-order valence-electron chi connectivity index (χ3n) is 6.53. The molecule has 7 heteroatoms. The molecule has 39 heavy (non-hydrogen) atoms. The van der Waals surface area contributed by atoms with Crippen LogP contribution in [0.5, 0.6) is 11.5 Å². The van der Waals surface area contributed by atoms with Crippen LogP contribution in [0.15, 0.2) is 140 Å². The molecule has 196 valence electrons. The van der Waals surface area contributed by atoms with E-state index < -0.39 is 12.4 Å². The van der Waals surface area contributed by atoms with E-state index in [1.165, 1.54) is 0 Å². The number of nitrogens with zero attached hydrogens (tertiary/aromatic N) is 1. The van der Waals surface area contributed by atoms with E-state index in [1.807, 2.05) is 42.5 Å². The Balaban J connectivity index is 1.96. The second-order valence-corrected chi connectivity index (χ2v) is 17.5. The molecule has 0 spiro atoms. The topological polar surface area (TPSA) is 21.7 Å². The predicted octanol–water partition coefficient (Wildman–Crippen LogP) is 6.60. The molecule has 0 bridgehead atoms. The van der Waals surface area contributed by atoms with Crippen molar-refractivity contribution < 1.29 is 9.47 Å². The molecule has 0 heterocycles. The van der Waals surface area contributed by atoms with Crippen LogP contribution >= 0.6 is 12.4 Å². The molecule has 0 amide bonds. The van der Waals surface area contributed by atoms with Gasteiger partial charge in [0.15, 0.2) is 0 Å². The van der Waals surface area contributed by atoms with Crippen LogP contribution in [0.4, 0.5) is 5.69 Å². The van der Waals surface area contributed by atoms with Crippen molar-refractivity contribution >= 4 is 62.9 Å². The van der Waals surface area contributed by atoms with Crippen LogP contribution in [0.1, 0.15) is 0 Å². The average molecular weight is 586 g/mol. The number of anilines is 1. The Morgan fingerprint density at radius 2 is 0.744 bits per heavy atom. The highest BCUT2D eigenvalue weighted by Crippen LogP contribution is 2.66. The zero-order valence-corrected chi connectivity index (χ0v) is 25.2. The maximum absolute atomic E-state index is 6.96.